The van der Waals surface area contributed by atoms with Crippen molar-refractivity contribution in [3.63, 3.8) is 0 Å². The van der Waals surface area contributed by atoms with Gasteiger partial charge in [0, 0.05) is 19.5 Å². The summed E-state index contributed by atoms with van der Waals surface area (Å²) in [5, 5.41) is 6.39. The van der Waals surface area contributed by atoms with Crippen LogP contribution >= 0.6 is 0 Å². The molecule has 5 heteroatoms. The first-order chi connectivity index (χ1) is 11.2. The molecule has 1 aliphatic rings. The van der Waals surface area contributed by atoms with Gasteiger partial charge in [0.2, 0.25) is 5.91 Å². The highest BCUT2D eigenvalue weighted by Crippen LogP contribution is 2.16. The summed E-state index contributed by atoms with van der Waals surface area (Å²) in [4.78, 5) is 16.5. The maximum absolute atomic E-state index is 11.9. The maximum atomic E-state index is 11.9. The van der Waals surface area contributed by atoms with E-state index in [4.69, 9.17) is 0 Å². The molecule has 1 aromatic heterocycles. The van der Waals surface area contributed by atoms with Gasteiger partial charge in [-0.25, -0.2) is 4.98 Å². The number of carbonyl (C=O) groups excluding carboxylic acids is 1. The number of rotatable bonds is 7. The van der Waals surface area contributed by atoms with Crippen LogP contribution in [0.2, 0.25) is 0 Å². The highest BCUT2D eigenvalue weighted by molar-refractivity contribution is 5.76. The third-order valence-electron chi connectivity index (χ3n) is 4.67. The Labute approximate surface area is 137 Å². The molecule has 1 fully saturated rings. The van der Waals surface area contributed by atoms with Crippen LogP contribution < -0.4 is 10.6 Å². The van der Waals surface area contributed by atoms with Crippen molar-refractivity contribution in [1.82, 2.24) is 20.2 Å². The van der Waals surface area contributed by atoms with Crippen molar-refractivity contribution in [3.8, 4) is 0 Å². The highest BCUT2D eigenvalue weighted by Gasteiger charge is 2.15. The monoisotopic (exact) mass is 314 g/mol. The molecule has 1 aliphatic heterocycles. The molecule has 1 atom stereocenters. The first-order valence-corrected chi connectivity index (χ1v) is 8.63. The van der Waals surface area contributed by atoms with Gasteiger partial charge in [-0.05, 0) is 57.3 Å². The predicted molar refractivity (Wildman–Crippen MR) is 92.3 cm³/mol. The quantitative estimate of drug-likeness (QED) is 0.771. The van der Waals surface area contributed by atoms with E-state index in [0.717, 1.165) is 50.4 Å². The number of nitrogens with zero attached hydrogens (tertiary/aromatic N) is 2. The lowest BCUT2D eigenvalue weighted by atomic mass is 10.0. The minimum atomic E-state index is 0.184. The fourth-order valence-electron chi connectivity index (χ4n) is 3.33. The van der Waals surface area contributed by atoms with Gasteiger partial charge >= 0.3 is 0 Å². The van der Waals surface area contributed by atoms with Crippen molar-refractivity contribution in [2.45, 2.75) is 39.2 Å². The maximum Gasteiger partial charge on any atom is 0.220 e. The lowest BCUT2D eigenvalue weighted by molar-refractivity contribution is -0.121. The Kier molecular flexibility index (Phi) is 5.28. The van der Waals surface area contributed by atoms with Crippen LogP contribution in [0.25, 0.3) is 11.0 Å². The molecule has 23 heavy (non-hydrogen) atoms. The van der Waals surface area contributed by atoms with E-state index in [0.29, 0.717) is 12.3 Å². The van der Waals surface area contributed by atoms with Crippen molar-refractivity contribution in [2.24, 2.45) is 5.92 Å². The third kappa shape index (κ3) is 4.10. The number of fused-ring (bicyclic) bond motifs is 1. The summed E-state index contributed by atoms with van der Waals surface area (Å²) in [6, 6.07) is 8.20. The van der Waals surface area contributed by atoms with E-state index in [1.165, 1.54) is 11.9 Å². The molecule has 2 heterocycles. The molecule has 0 radical (unpaired) electrons. The lowest BCUT2D eigenvalue weighted by Gasteiger charge is -2.10. The molecule has 2 aromatic rings. The average Bonchev–Trinajstić information content (AvgIpc) is 3.17. The first-order valence-electron chi connectivity index (χ1n) is 8.63. The molecule has 1 aromatic carbocycles. The van der Waals surface area contributed by atoms with E-state index in [-0.39, 0.29) is 5.91 Å². The zero-order chi connectivity index (χ0) is 16.1. The third-order valence-corrected chi connectivity index (χ3v) is 4.67. The minimum absolute atomic E-state index is 0.184. The fourth-order valence-corrected chi connectivity index (χ4v) is 3.33. The van der Waals surface area contributed by atoms with Crippen molar-refractivity contribution in [3.05, 3.63) is 30.1 Å². The van der Waals surface area contributed by atoms with Crippen molar-refractivity contribution in [1.29, 1.82) is 0 Å². The molecule has 1 amide bonds. The lowest BCUT2D eigenvalue weighted by Crippen LogP contribution is -2.25. The van der Waals surface area contributed by atoms with E-state index in [1.807, 2.05) is 25.1 Å². The molecule has 0 aliphatic carbocycles. The van der Waals surface area contributed by atoms with E-state index in [2.05, 4.69) is 26.3 Å². The SMILES string of the molecule is Cc1nc2ccccc2n1CCCNC(=O)CCC1CCNC1. The highest BCUT2D eigenvalue weighted by atomic mass is 16.1. The number of aromatic nitrogens is 2. The van der Waals surface area contributed by atoms with Crippen LogP contribution in [0.15, 0.2) is 24.3 Å². The molecule has 3 rings (SSSR count). The molecular weight excluding hydrogens is 288 g/mol. The summed E-state index contributed by atoms with van der Waals surface area (Å²) in [5.74, 6) is 1.90. The molecule has 124 valence electrons. The molecule has 1 unspecified atom stereocenters. The number of hydrogen-bond donors (Lipinski definition) is 2. The second kappa shape index (κ2) is 7.59. The number of para-hydroxylation sites is 2. The second-order valence-electron chi connectivity index (χ2n) is 6.40. The zero-order valence-electron chi connectivity index (χ0n) is 13.8. The summed E-state index contributed by atoms with van der Waals surface area (Å²) in [6.07, 6.45) is 3.79. The Hall–Kier alpha value is -1.88. The van der Waals surface area contributed by atoms with Crippen molar-refractivity contribution < 1.29 is 4.79 Å². The number of aryl methyl sites for hydroxylation is 2. The van der Waals surface area contributed by atoms with E-state index in [9.17, 15) is 4.79 Å². The van der Waals surface area contributed by atoms with Crippen LogP contribution in [0.1, 0.15) is 31.5 Å². The van der Waals surface area contributed by atoms with Crippen LogP contribution in [-0.4, -0.2) is 35.1 Å². The molecule has 0 spiro atoms. The summed E-state index contributed by atoms with van der Waals surface area (Å²) in [5.41, 5.74) is 2.21. The molecule has 0 bridgehead atoms. The number of nitrogens with one attached hydrogen (secondary N) is 2. The molecular formula is C18H26N4O. The summed E-state index contributed by atoms with van der Waals surface area (Å²) >= 11 is 0. The topological polar surface area (TPSA) is 59.0 Å². The predicted octanol–water partition coefficient (Wildman–Crippen LogP) is 2.24. The smallest absolute Gasteiger partial charge is 0.220 e. The van der Waals surface area contributed by atoms with Crippen LogP contribution in [0.4, 0.5) is 0 Å². The normalized spacial score (nSPS) is 17.7. The van der Waals surface area contributed by atoms with Crippen LogP contribution in [0.5, 0.6) is 0 Å². The average molecular weight is 314 g/mol. The van der Waals surface area contributed by atoms with Gasteiger partial charge in [-0.3, -0.25) is 4.79 Å². The second-order valence-corrected chi connectivity index (χ2v) is 6.40. The fraction of sp³-hybridized carbons (Fsp3) is 0.556. The minimum Gasteiger partial charge on any atom is -0.356 e. The van der Waals surface area contributed by atoms with Gasteiger partial charge in [-0.1, -0.05) is 12.1 Å². The Balaban J connectivity index is 1.40. The number of benzene rings is 1. The van der Waals surface area contributed by atoms with Crippen LogP contribution in [0.3, 0.4) is 0 Å². The molecule has 0 saturated carbocycles. The molecule has 1 saturated heterocycles. The van der Waals surface area contributed by atoms with Gasteiger partial charge in [-0.2, -0.15) is 0 Å². The van der Waals surface area contributed by atoms with Crippen LogP contribution in [0, 0.1) is 12.8 Å². The molecule has 2 N–H and O–H groups in total. The Morgan fingerprint density at radius 1 is 1.43 bits per heavy atom. The van der Waals surface area contributed by atoms with Gasteiger partial charge in [0.1, 0.15) is 5.82 Å². The summed E-state index contributed by atoms with van der Waals surface area (Å²) < 4.78 is 2.23. The van der Waals surface area contributed by atoms with E-state index in [1.54, 1.807) is 0 Å². The zero-order valence-corrected chi connectivity index (χ0v) is 13.8. The van der Waals surface area contributed by atoms with Crippen molar-refractivity contribution in [2.75, 3.05) is 19.6 Å². The molecule has 5 nitrogen and oxygen atoms in total. The standard InChI is InChI=1S/C18H26N4O/c1-14-21-16-5-2-3-6-17(16)22(14)12-4-10-20-18(23)8-7-15-9-11-19-13-15/h2-3,5-6,15,19H,4,7-13H2,1H3,(H,20,23). The number of amides is 1. The van der Waals surface area contributed by atoms with E-state index >= 15 is 0 Å². The van der Waals surface area contributed by atoms with Gasteiger partial charge < -0.3 is 15.2 Å². The van der Waals surface area contributed by atoms with Gasteiger partial charge in [0.25, 0.3) is 0 Å². The Morgan fingerprint density at radius 2 is 2.30 bits per heavy atom. The Bertz CT molecular complexity index is 658. The largest absolute Gasteiger partial charge is 0.356 e. The number of carbonyl (C=O) groups is 1. The van der Waals surface area contributed by atoms with Gasteiger partial charge in [0.05, 0.1) is 11.0 Å². The summed E-state index contributed by atoms with van der Waals surface area (Å²) in [7, 11) is 0. The Morgan fingerprint density at radius 3 is 3.13 bits per heavy atom. The van der Waals surface area contributed by atoms with Gasteiger partial charge in [0.15, 0.2) is 0 Å². The van der Waals surface area contributed by atoms with E-state index < -0.39 is 0 Å². The van der Waals surface area contributed by atoms with Crippen molar-refractivity contribution >= 4 is 16.9 Å². The van der Waals surface area contributed by atoms with Crippen LogP contribution in [-0.2, 0) is 11.3 Å². The van der Waals surface area contributed by atoms with Gasteiger partial charge in [-0.15, -0.1) is 0 Å². The first kappa shape index (κ1) is 16.0. The number of imidazole rings is 1. The number of hydrogen-bond acceptors (Lipinski definition) is 3. The summed E-state index contributed by atoms with van der Waals surface area (Å²) in [6.45, 7) is 5.83.